The van der Waals surface area contributed by atoms with Crippen LogP contribution in [0.1, 0.15) is 16.8 Å². The molecule has 0 aliphatic heterocycles. The van der Waals surface area contributed by atoms with Crippen molar-refractivity contribution >= 4 is 40.3 Å². The van der Waals surface area contributed by atoms with Gasteiger partial charge in [-0.15, -0.1) is 0 Å². The van der Waals surface area contributed by atoms with Gasteiger partial charge in [0.1, 0.15) is 5.52 Å². The van der Waals surface area contributed by atoms with E-state index < -0.39 is 0 Å². The largest absolute Gasteiger partial charge is 0.368 e. The fraction of sp³-hybridized carbons (Fsp3) is 0.231. The molecular formula is C13H12Cl2N6O. The molecule has 0 aliphatic rings. The monoisotopic (exact) mass is 338 g/mol. The van der Waals surface area contributed by atoms with Crippen molar-refractivity contribution in [2.45, 2.75) is 20.4 Å². The van der Waals surface area contributed by atoms with Gasteiger partial charge < -0.3 is 10.7 Å². The number of imidazole rings is 1. The third-order valence-corrected chi connectivity index (χ3v) is 4.28. The van der Waals surface area contributed by atoms with Gasteiger partial charge in [-0.3, -0.25) is 9.55 Å². The van der Waals surface area contributed by atoms with Gasteiger partial charge in [-0.05, 0) is 25.0 Å². The molecule has 0 spiro atoms. The van der Waals surface area contributed by atoms with Crippen molar-refractivity contribution in [2.75, 3.05) is 5.73 Å². The number of nitrogens with zero attached hydrogens (tertiary/aromatic N) is 4. The number of nitrogen functional groups attached to an aromatic ring is 1. The van der Waals surface area contributed by atoms with Crippen LogP contribution in [0.5, 0.6) is 0 Å². The zero-order valence-electron chi connectivity index (χ0n) is 11.8. The Kier molecular flexibility index (Phi) is 3.54. The predicted molar refractivity (Wildman–Crippen MR) is 85.4 cm³/mol. The van der Waals surface area contributed by atoms with Gasteiger partial charge in [0, 0.05) is 11.2 Å². The van der Waals surface area contributed by atoms with Crippen LogP contribution in [0, 0.1) is 13.8 Å². The summed E-state index contributed by atoms with van der Waals surface area (Å²) in [5.74, 6) is -0.00290. The fourth-order valence-corrected chi connectivity index (χ4v) is 2.59. The maximum atomic E-state index is 12.1. The van der Waals surface area contributed by atoms with Crippen molar-refractivity contribution in [3.8, 4) is 0 Å². The number of nitrogens with two attached hydrogens (primary N) is 1. The summed E-state index contributed by atoms with van der Waals surface area (Å²) in [7, 11) is 0. The second kappa shape index (κ2) is 5.26. The van der Waals surface area contributed by atoms with Crippen LogP contribution in [-0.4, -0.2) is 24.5 Å². The summed E-state index contributed by atoms with van der Waals surface area (Å²) in [6.45, 7) is 3.93. The standard InChI is InChI=1S/C13H12Cl2N6O/c1-5-3-17-7(6(2)8(5)14)4-21-11-9(18-13(21)22)10(15)19-12(16)20-11/h3H,4H2,1-2H3,(H,18,22)(H2,16,19,20). The van der Waals surface area contributed by atoms with Crippen LogP contribution in [0.15, 0.2) is 11.0 Å². The summed E-state index contributed by atoms with van der Waals surface area (Å²) in [4.78, 5) is 27.0. The molecule has 0 aromatic carbocycles. The van der Waals surface area contributed by atoms with Crippen LogP contribution in [0.3, 0.4) is 0 Å². The Hall–Kier alpha value is -2.12. The average Bonchev–Trinajstić information content (AvgIpc) is 2.76. The summed E-state index contributed by atoms with van der Waals surface area (Å²) in [6, 6.07) is 0. The number of hydrogen-bond acceptors (Lipinski definition) is 5. The highest BCUT2D eigenvalue weighted by atomic mass is 35.5. The van der Waals surface area contributed by atoms with Gasteiger partial charge in [-0.25, -0.2) is 4.79 Å². The Morgan fingerprint density at radius 1 is 1.32 bits per heavy atom. The van der Waals surface area contributed by atoms with Gasteiger partial charge in [0.2, 0.25) is 5.95 Å². The third kappa shape index (κ3) is 2.32. The van der Waals surface area contributed by atoms with Crippen LogP contribution in [0.2, 0.25) is 10.2 Å². The van der Waals surface area contributed by atoms with Crippen molar-refractivity contribution < 1.29 is 0 Å². The number of anilines is 1. The van der Waals surface area contributed by atoms with Crippen molar-refractivity contribution in [1.82, 2.24) is 24.5 Å². The van der Waals surface area contributed by atoms with E-state index in [9.17, 15) is 4.79 Å². The highest BCUT2D eigenvalue weighted by Gasteiger charge is 2.16. The molecule has 9 heteroatoms. The number of rotatable bonds is 2. The number of aromatic nitrogens is 5. The average molecular weight is 339 g/mol. The lowest BCUT2D eigenvalue weighted by Gasteiger charge is -2.09. The number of halogens is 2. The van der Waals surface area contributed by atoms with Crippen molar-refractivity contribution in [3.05, 3.63) is 43.7 Å². The Balaban J connectivity index is 2.18. The topological polar surface area (TPSA) is 102 Å². The Labute approximate surface area is 135 Å². The molecule has 3 N–H and O–H groups in total. The van der Waals surface area contributed by atoms with E-state index in [4.69, 9.17) is 28.9 Å². The Morgan fingerprint density at radius 3 is 2.77 bits per heavy atom. The van der Waals surface area contributed by atoms with E-state index in [-0.39, 0.29) is 23.3 Å². The van der Waals surface area contributed by atoms with E-state index in [0.29, 0.717) is 21.9 Å². The molecule has 0 saturated carbocycles. The quantitative estimate of drug-likeness (QED) is 0.696. The second-order valence-corrected chi connectivity index (χ2v) is 5.65. The normalized spacial score (nSPS) is 11.3. The third-order valence-electron chi connectivity index (χ3n) is 3.43. The van der Waals surface area contributed by atoms with Gasteiger partial charge in [-0.2, -0.15) is 9.97 Å². The van der Waals surface area contributed by atoms with Crippen molar-refractivity contribution in [3.63, 3.8) is 0 Å². The SMILES string of the molecule is Cc1cnc(Cn2c(=O)[nH]c3c(Cl)nc(N)nc32)c(C)c1Cl. The summed E-state index contributed by atoms with van der Waals surface area (Å²) in [5, 5.41) is 0.732. The molecule has 0 radical (unpaired) electrons. The lowest BCUT2D eigenvalue weighted by Crippen LogP contribution is -2.19. The summed E-state index contributed by atoms with van der Waals surface area (Å²) < 4.78 is 1.40. The molecule has 0 saturated heterocycles. The summed E-state index contributed by atoms with van der Waals surface area (Å²) in [5.41, 5.74) is 8.28. The zero-order valence-corrected chi connectivity index (χ0v) is 13.3. The van der Waals surface area contributed by atoms with Crippen LogP contribution in [-0.2, 0) is 6.54 Å². The van der Waals surface area contributed by atoms with Gasteiger partial charge in [0.15, 0.2) is 10.8 Å². The number of H-pyrrole nitrogens is 1. The lowest BCUT2D eigenvalue weighted by molar-refractivity contribution is 0.750. The van der Waals surface area contributed by atoms with Gasteiger partial charge in [0.25, 0.3) is 0 Å². The molecule has 3 heterocycles. The van der Waals surface area contributed by atoms with Gasteiger partial charge in [-0.1, -0.05) is 23.2 Å². The number of hydrogen-bond donors (Lipinski definition) is 2. The minimum absolute atomic E-state index is 0.00290. The zero-order chi connectivity index (χ0) is 16.0. The maximum absolute atomic E-state index is 12.1. The molecule has 22 heavy (non-hydrogen) atoms. The number of aryl methyl sites for hydroxylation is 1. The predicted octanol–water partition coefficient (Wildman–Crippen LogP) is 2.07. The van der Waals surface area contributed by atoms with Crippen LogP contribution in [0.25, 0.3) is 11.2 Å². The fourth-order valence-electron chi connectivity index (χ4n) is 2.22. The molecular weight excluding hydrogens is 327 g/mol. The molecule has 3 aromatic rings. The molecule has 114 valence electrons. The first-order valence-corrected chi connectivity index (χ1v) is 7.16. The van der Waals surface area contributed by atoms with Crippen LogP contribution in [0.4, 0.5) is 5.95 Å². The summed E-state index contributed by atoms with van der Waals surface area (Å²) in [6.07, 6.45) is 1.67. The molecule has 0 aliphatic carbocycles. The van der Waals surface area contributed by atoms with E-state index in [2.05, 4.69) is 19.9 Å². The minimum atomic E-state index is -0.366. The van der Waals surface area contributed by atoms with E-state index in [1.807, 2.05) is 13.8 Å². The highest BCUT2D eigenvalue weighted by Crippen LogP contribution is 2.23. The molecule has 0 amide bonds. The van der Waals surface area contributed by atoms with Crippen molar-refractivity contribution in [1.29, 1.82) is 0 Å². The molecule has 7 nitrogen and oxygen atoms in total. The first-order chi connectivity index (χ1) is 10.4. The first kappa shape index (κ1) is 14.8. The first-order valence-electron chi connectivity index (χ1n) is 6.40. The van der Waals surface area contributed by atoms with Gasteiger partial charge in [0.05, 0.1) is 12.2 Å². The number of fused-ring (bicyclic) bond motifs is 1. The van der Waals surface area contributed by atoms with Crippen LogP contribution < -0.4 is 11.4 Å². The minimum Gasteiger partial charge on any atom is -0.368 e. The highest BCUT2D eigenvalue weighted by molar-refractivity contribution is 6.33. The smallest absolute Gasteiger partial charge is 0.328 e. The number of aromatic amines is 1. The molecule has 0 fully saturated rings. The lowest BCUT2D eigenvalue weighted by atomic mass is 10.1. The van der Waals surface area contributed by atoms with E-state index >= 15 is 0 Å². The maximum Gasteiger partial charge on any atom is 0.328 e. The molecule has 3 aromatic heterocycles. The van der Waals surface area contributed by atoms with Gasteiger partial charge >= 0.3 is 5.69 Å². The van der Waals surface area contributed by atoms with Crippen LogP contribution >= 0.6 is 23.2 Å². The Morgan fingerprint density at radius 2 is 2.05 bits per heavy atom. The Bertz CT molecular complexity index is 946. The molecule has 3 rings (SSSR count). The van der Waals surface area contributed by atoms with E-state index in [1.54, 1.807) is 6.20 Å². The van der Waals surface area contributed by atoms with E-state index in [1.165, 1.54) is 4.57 Å². The number of nitrogens with one attached hydrogen (secondary N) is 1. The summed E-state index contributed by atoms with van der Waals surface area (Å²) >= 11 is 12.2. The van der Waals surface area contributed by atoms with Crippen molar-refractivity contribution in [2.24, 2.45) is 0 Å². The number of pyridine rings is 1. The second-order valence-electron chi connectivity index (χ2n) is 4.91. The molecule has 0 bridgehead atoms. The van der Waals surface area contributed by atoms with E-state index in [0.717, 1.165) is 11.1 Å². The molecule has 0 atom stereocenters. The molecule has 0 unspecified atom stereocenters.